The van der Waals surface area contributed by atoms with Gasteiger partial charge in [0.2, 0.25) is 11.0 Å². The average Bonchev–Trinajstić information content (AvgIpc) is 3.23. The van der Waals surface area contributed by atoms with E-state index in [1.807, 2.05) is 29.7 Å². The molecule has 0 unspecified atom stereocenters. The van der Waals surface area contributed by atoms with Crippen LogP contribution >= 0.6 is 23.1 Å². The molecule has 25 heavy (non-hydrogen) atoms. The summed E-state index contributed by atoms with van der Waals surface area (Å²) < 4.78 is 1.95. The number of hydrogen-bond acceptors (Lipinski definition) is 7. The molecule has 9 heteroatoms. The Morgan fingerprint density at radius 2 is 2.28 bits per heavy atom. The number of hydrogen-bond donors (Lipinski definition) is 1. The standard InChI is InChI=1S/C16H16N6OS2/c1-3-7-22-14(12-6-4-5-11(2)8-12)19-21-16(22)24-9-13(23)18-15-20-17-10-25-15/h3-6,8,10H,1,7,9H2,2H3,(H,18,20,23). The SMILES string of the molecule is C=CCn1c(SCC(=O)Nc2nncs2)nnc1-c1cccc(C)c1. The van der Waals surface area contributed by atoms with Crippen LogP contribution in [0.4, 0.5) is 5.13 Å². The number of rotatable bonds is 7. The van der Waals surface area contributed by atoms with E-state index < -0.39 is 0 Å². The number of nitrogens with one attached hydrogen (secondary N) is 1. The van der Waals surface area contributed by atoms with Crippen LogP contribution in [-0.4, -0.2) is 36.6 Å². The van der Waals surface area contributed by atoms with Gasteiger partial charge in [-0.05, 0) is 13.0 Å². The maximum absolute atomic E-state index is 12.0. The molecule has 0 saturated carbocycles. The van der Waals surface area contributed by atoms with Crippen molar-refractivity contribution in [1.82, 2.24) is 25.0 Å². The van der Waals surface area contributed by atoms with Gasteiger partial charge in [0.15, 0.2) is 11.0 Å². The lowest BCUT2D eigenvalue weighted by molar-refractivity contribution is -0.113. The molecule has 1 N–H and O–H groups in total. The maximum atomic E-state index is 12.0. The minimum atomic E-state index is -0.160. The summed E-state index contributed by atoms with van der Waals surface area (Å²) in [5, 5.41) is 19.9. The topological polar surface area (TPSA) is 85.6 Å². The molecule has 2 heterocycles. The molecule has 7 nitrogen and oxygen atoms in total. The van der Waals surface area contributed by atoms with Gasteiger partial charge in [0.25, 0.3) is 0 Å². The van der Waals surface area contributed by atoms with Gasteiger partial charge in [0.1, 0.15) is 5.51 Å². The highest BCUT2D eigenvalue weighted by molar-refractivity contribution is 7.99. The molecule has 2 aromatic heterocycles. The molecule has 0 saturated heterocycles. The predicted molar refractivity (Wildman–Crippen MR) is 99.7 cm³/mol. The van der Waals surface area contributed by atoms with E-state index in [1.54, 1.807) is 11.6 Å². The van der Waals surface area contributed by atoms with Crippen molar-refractivity contribution >= 4 is 34.1 Å². The fourth-order valence-electron chi connectivity index (χ4n) is 2.20. The Labute approximate surface area is 153 Å². The largest absolute Gasteiger partial charge is 0.300 e. The van der Waals surface area contributed by atoms with Crippen LogP contribution in [0.15, 0.2) is 47.6 Å². The number of aromatic nitrogens is 5. The molecule has 3 aromatic rings. The van der Waals surface area contributed by atoms with Gasteiger partial charge in [-0.3, -0.25) is 14.7 Å². The average molecular weight is 372 g/mol. The normalized spacial score (nSPS) is 10.6. The van der Waals surface area contributed by atoms with Crippen LogP contribution in [0.25, 0.3) is 11.4 Å². The maximum Gasteiger partial charge on any atom is 0.236 e. The first-order valence-electron chi connectivity index (χ1n) is 7.47. The number of benzene rings is 1. The number of aryl methyl sites for hydroxylation is 1. The Morgan fingerprint density at radius 1 is 1.40 bits per heavy atom. The van der Waals surface area contributed by atoms with E-state index in [1.165, 1.54) is 23.1 Å². The molecule has 0 atom stereocenters. The number of thioether (sulfide) groups is 1. The van der Waals surface area contributed by atoms with E-state index in [9.17, 15) is 4.79 Å². The van der Waals surface area contributed by atoms with Gasteiger partial charge in [0, 0.05) is 12.1 Å². The second-order valence-electron chi connectivity index (χ2n) is 5.16. The number of nitrogens with zero attached hydrogens (tertiary/aromatic N) is 5. The molecular weight excluding hydrogens is 356 g/mol. The third-order valence-electron chi connectivity index (χ3n) is 3.24. The van der Waals surface area contributed by atoms with Gasteiger partial charge in [0.05, 0.1) is 5.75 Å². The van der Waals surface area contributed by atoms with Crippen molar-refractivity contribution in [2.45, 2.75) is 18.6 Å². The summed E-state index contributed by atoms with van der Waals surface area (Å²) >= 11 is 2.60. The zero-order valence-corrected chi connectivity index (χ0v) is 15.2. The summed E-state index contributed by atoms with van der Waals surface area (Å²) in [7, 11) is 0. The molecule has 0 radical (unpaired) electrons. The first-order valence-corrected chi connectivity index (χ1v) is 9.34. The summed E-state index contributed by atoms with van der Waals surface area (Å²) in [4.78, 5) is 12.0. The second kappa shape index (κ2) is 8.04. The second-order valence-corrected chi connectivity index (χ2v) is 6.93. The lowest BCUT2D eigenvalue weighted by Crippen LogP contribution is -2.14. The minimum absolute atomic E-state index is 0.160. The van der Waals surface area contributed by atoms with Crippen molar-refractivity contribution in [2.75, 3.05) is 11.1 Å². The fraction of sp³-hybridized carbons (Fsp3) is 0.188. The van der Waals surface area contributed by atoms with E-state index in [4.69, 9.17) is 0 Å². The van der Waals surface area contributed by atoms with Gasteiger partial charge in [-0.15, -0.1) is 27.0 Å². The molecule has 1 amide bonds. The van der Waals surface area contributed by atoms with Crippen LogP contribution in [0.1, 0.15) is 5.56 Å². The molecule has 1 aromatic carbocycles. The lowest BCUT2D eigenvalue weighted by atomic mass is 10.1. The van der Waals surface area contributed by atoms with E-state index in [0.29, 0.717) is 16.8 Å². The van der Waals surface area contributed by atoms with Crippen LogP contribution in [0.5, 0.6) is 0 Å². The Balaban J connectivity index is 1.75. The molecule has 3 rings (SSSR count). The van der Waals surface area contributed by atoms with Crippen LogP contribution in [0.3, 0.4) is 0 Å². The summed E-state index contributed by atoms with van der Waals surface area (Å²) in [5.41, 5.74) is 3.70. The molecule has 0 bridgehead atoms. The van der Waals surface area contributed by atoms with Gasteiger partial charge in [-0.25, -0.2) is 0 Å². The first-order chi connectivity index (χ1) is 12.2. The third kappa shape index (κ3) is 4.31. The highest BCUT2D eigenvalue weighted by atomic mass is 32.2. The molecular formula is C16H16N6OS2. The van der Waals surface area contributed by atoms with Gasteiger partial charge < -0.3 is 0 Å². The predicted octanol–water partition coefficient (Wildman–Crippen LogP) is 3.02. The molecule has 0 fully saturated rings. The van der Waals surface area contributed by atoms with Crippen LogP contribution in [0, 0.1) is 6.92 Å². The van der Waals surface area contributed by atoms with Crippen molar-refractivity contribution < 1.29 is 4.79 Å². The zero-order chi connectivity index (χ0) is 17.6. The van der Waals surface area contributed by atoms with Crippen molar-refractivity contribution in [2.24, 2.45) is 0 Å². The van der Waals surface area contributed by atoms with E-state index >= 15 is 0 Å². The Kier molecular flexibility index (Phi) is 5.56. The number of allylic oxidation sites excluding steroid dienone is 1. The molecule has 0 spiro atoms. The smallest absolute Gasteiger partial charge is 0.236 e. The van der Waals surface area contributed by atoms with Crippen LogP contribution in [0.2, 0.25) is 0 Å². The fourth-order valence-corrected chi connectivity index (χ4v) is 3.41. The van der Waals surface area contributed by atoms with E-state index in [2.05, 4.69) is 38.4 Å². The van der Waals surface area contributed by atoms with E-state index in [0.717, 1.165) is 17.0 Å². The first kappa shape index (κ1) is 17.3. The summed E-state index contributed by atoms with van der Waals surface area (Å²) in [6.45, 7) is 6.39. The number of amides is 1. The van der Waals surface area contributed by atoms with Crippen molar-refractivity contribution in [3.05, 3.63) is 48.0 Å². The van der Waals surface area contributed by atoms with E-state index in [-0.39, 0.29) is 11.7 Å². The Hall–Kier alpha value is -2.52. The molecule has 128 valence electrons. The van der Waals surface area contributed by atoms with Crippen molar-refractivity contribution in [3.63, 3.8) is 0 Å². The van der Waals surface area contributed by atoms with Crippen LogP contribution < -0.4 is 5.32 Å². The number of carbonyl (C=O) groups excluding carboxylic acids is 1. The number of anilines is 1. The van der Waals surface area contributed by atoms with Gasteiger partial charge in [-0.1, -0.05) is 52.9 Å². The molecule has 0 aliphatic heterocycles. The Bertz CT molecular complexity index is 875. The minimum Gasteiger partial charge on any atom is -0.300 e. The lowest BCUT2D eigenvalue weighted by Gasteiger charge is -2.08. The summed E-state index contributed by atoms with van der Waals surface area (Å²) in [6, 6.07) is 8.07. The highest BCUT2D eigenvalue weighted by Gasteiger charge is 2.15. The molecule has 0 aliphatic rings. The number of carbonyl (C=O) groups is 1. The van der Waals surface area contributed by atoms with Crippen molar-refractivity contribution in [1.29, 1.82) is 0 Å². The van der Waals surface area contributed by atoms with Gasteiger partial charge in [-0.2, -0.15) is 0 Å². The summed E-state index contributed by atoms with van der Waals surface area (Å²) in [6.07, 6.45) is 1.79. The van der Waals surface area contributed by atoms with Gasteiger partial charge >= 0.3 is 0 Å². The zero-order valence-electron chi connectivity index (χ0n) is 13.5. The highest BCUT2D eigenvalue weighted by Crippen LogP contribution is 2.25. The Morgan fingerprint density at radius 3 is 3.00 bits per heavy atom. The quantitative estimate of drug-likeness (QED) is 0.507. The summed E-state index contributed by atoms with van der Waals surface area (Å²) in [5.74, 6) is 0.811. The van der Waals surface area contributed by atoms with Crippen molar-refractivity contribution in [3.8, 4) is 11.4 Å². The monoisotopic (exact) mass is 372 g/mol. The third-order valence-corrected chi connectivity index (χ3v) is 4.82. The van der Waals surface area contributed by atoms with Crippen LogP contribution in [-0.2, 0) is 11.3 Å². The molecule has 0 aliphatic carbocycles.